The fourth-order valence-electron chi connectivity index (χ4n) is 3.08. The maximum Gasteiger partial charge on any atom is 0.490 e. The molecule has 1 fully saturated rings. The molecular weight excluding hydrogens is 477 g/mol. The molecule has 0 radical (unpaired) electrons. The van der Waals surface area contributed by atoms with Crippen molar-refractivity contribution in [3.8, 4) is 6.07 Å². The van der Waals surface area contributed by atoms with Gasteiger partial charge in [-0.15, -0.1) is 11.3 Å². The second-order valence-corrected chi connectivity index (χ2v) is 7.96. The van der Waals surface area contributed by atoms with Gasteiger partial charge in [-0.05, 0) is 29.6 Å². The summed E-state index contributed by atoms with van der Waals surface area (Å²) < 4.78 is 31.7. The number of carbonyl (C=O) groups excluding carboxylic acids is 1. The molecule has 1 aliphatic heterocycles. The Morgan fingerprint density at radius 3 is 2.26 bits per heavy atom. The van der Waals surface area contributed by atoms with E-state index in [0.29, 0.717) is 35.8 Å². The van der Waals surface area contributed by atoms with E-state index in [9.17, 15) is 27.9 Å². The van der Waals surface area contributed by atoms with E-state index in [1.165, 1.54) is 17.4 Å². The van der Waals surface area contributed by atoms with Crippen LogP contribution in [0.3, 0.4) is 0 Å². The van der Waals surface area contributed by atoms with Gasteiger partial charge in [0.15, 0.2) is 0 Å². The lowest BCUT2D eigenvalue weighted by Gasteiger charge is -2.36. The number of carboxylic acid groups (broad SMARTS) is 2. The summed E-state index contributed by atoms with van der Waals surface area (Å²) in [5.74, 6) is -4.03. The summed E-state index contributed by atoms with van der Waals surface area (Å²) in [6, 6.07) is 10.6. The number of thiophene rings is 1. The van der Waals surface area contributed by atoms with Gasteiger partial charge >= 0.3 is 18.1 Å². The van der Waals surface area contributed by atoms with Crippen molar-refractivity contribution in [2.24, 2.45) is 0 Å². The van der Waals surface area contributed by atoms with Gasteiger partial charge in [-0.1, -0.05) is 6.07 Å². The number of halogens is 3. The molecule has 3 N–H and O–H groups in total. The molecule has 34 heavy (non-hydrogen) atoms. The third kappa shape index (κ3) is 7.75. The summed E-state index contributed by atoms with van der Waals surface area (Å²) in [6.07, 6.45) is -4.58. The molecule has 3 rings (SSSR count). The van der Waals surface area contributed by atoms with Crippen molar-refractivity contribution in [2.45, 2.75) is 12.6 Å². The Hall–Kier alpha value is -3.63. The van der Waals surface area contributed by atoms with Gasteiger partial charge in [-0.3, -0.25) is 9.69 Å². The number of nitriles is 1. The number of alkyl halides is 3. The van der Waals surface area contributed by atoms with Crippen LogP contribution in [0.1, 0.15) is 26.5 Å². The molecule has 1 aliphatic rings. The number of nitrogens with zero attached hydrogens (tertiary/aromatic N) is 3. The Kier molecular flexibility index (Phi) is 9.40. The lowest BCUT2D eigenvalue weighted by molar-refractivity contribution is -0.192. The van der Waals surface area contributed by atoms with Gasteiger partial charge in [-0.25, -0.2) is 9.59 Å². The largest absolute Gasteiger partial charge is 0.490 e. The van der Waals surface area contributed by atoms with Gasteiger partial charge in [0.1, 0.15) is 0 Å². The second kappa shape index (κ2) is 12.0. The van der Waals surface area contributed by atoms with E-state index in [-0.39, 0.29) is 11.5 Å². The van der Waals surface area contributed by atoms with Crippen molar-refractivity contribution in [1.82, 2.24) is 4.90 Å². The van der Waals surface area contributed by atoms with Crippen molar-refractivity contribution in [1.29, 1.82) is 5.26 Å². The van der Waals surface area contributed by atoms with Crippen LogP contribution in [0.5, 0.6) is 0 Å². The smallest absolute Gasteiger partial charge is 0.478 e. The van der Waals surface area contributed by atoms with Crippen LogP contribution >= 0.6 is 11.3 Å². The van der Waals surface area contributed by atoms with Crippen LogP contribution in [-0.2, 0) is 4.79 Å². The monoisotopic (exact) mass is 498 g/mol. The molecule has 0 atom stereocenters. The van der Waals surface area contributed by atoms with E-state index in [1.807, 2.05) is 10.3 Å². The van der Waals surface area contributed by atoms with Gasteiger partial charge in [0.25, 0.3) is 5.91 Å². The average molecular weight is 498 g/mol. The van der Waals surface area contributed by atoms with E-state index in [1.54, 1.807) is 24.3 Å². The van der Waals surface area contributed by atoms with E-state index in [2.05, 4.69) is 16.3 Å². The van der Waals surface area contributed by atoms with Crippen molar-refractivity contribution < 1.29 is 37.8 Å². The fraction of sp³-hybridized carbons (Fsp3) is 0.333. The highest BCUT2D eigenvalue weighted by Gasteiger charge is 2.38. The molecule has 0 aliphatic carbocycles. The molecule has 1 saturated heterocycles. The van der Waals surface area contributed by atoms with Crippen LogP contribution in [-0.4, -0.2) is 71.9 Å². The Morgan fingerprint density at radius 2 is 1.76 bits per heavy atom. The molecule has 2 heterocycles. The van der Waals surface area contributed by atoms with Crippen LogP contribution in [0, 0.1) is 11.3 Å². The molecule has 1 aromatic carbocycles. The minimum Gasteiger partial charge on any atom is -0.478 e. The minimum absolute atomic E-state index is 0.171. The van der Waals surface area contributed by atoms with E-state index in [0.717, 1.165) is 19.6 Å². The zero-order valence-electron chi connectivity index (χ0n) is 17.7. The number of hydrogen-bond acceptors (Lipinski definition) is 7. The highest BCUT2D eigenvalue weighted by atomic mass is 32.1. The summed E-state index contributed by atoms with van der Waals surface area (Å²) in [6.45, 7) is 3.72. The summed E-state index contributed by atoms with van der Waals surface area (Å²) >= 11 is 1.33. The Morgan fingerprint density at radius 1 is 1.12 bits per heavy atom. The number of amides is 1. The topological polar surface area (TPSA) is 134 Å². The standard InChI is InChI=1S/C19H20N4O3S.C2HF3O2/c20-6-2-7-22-8-10-23(11-9-22)16-5-4-14(13-15(16)19(25)26)21-18(24)17-3-1-12-27-17;3-2(4,5)1(6)7/h1,3-5,12-13H,2,7-11H2,(H,21,24)(H,25,26);(H,6,7). The number of aromatic carboxylic acids is 1. The maximum atomic E-state index is 12.2. The lowest BCUT2D eigenvalue weighted by Crippen LogP contribution is -2.47. The molecule has 1 amide bonds. The number of benzene rings is 1. The predicted molar refractivity (Wildman–Crippen MR) is 118 cm³/mol. The molecule has 2 aromatic rings. The van der Waals surface area contributed by atoms with Crippen molar-refractivity contribution in [3.63, 3.8) is 0 Å². The Labute approximate surface area is 196 Å². The van der Waals surface area contributed by atoms with Gasteiger partial charge in [0.05, 0.1) is 22.2 Å². The van der Waals surface area contributed by atoms with Gasteiger partial charge < -0.3 is 20.4 Å². The lowest BCUT2D eigenvalue weighted by atomic mass is 10.1. The summed E-state index contributed by atoms with van der Waals surface area (Å²) in [5, 5.41) is 30.0. The highest BCUT2D eigenvalue weighted by molar-refractivity contribution is 7.12. The van der Waals surface area contributed by atoms with Crippen LogP contribution in [0.25, 0.3) is 0 Å². The first-order valence-corrected chi connectivity index (χ1v) is 10.8. The first-order chi connectivity index (χ1) is 16.0. The zero-order chi connectivity index (χ0) is 25.3. The van der Waals surface area contributed by atoms with Crippen LogP contribution in [0.2, 0.25) is 0 Å². The van der Waals surface area contributed by atoms with E-state index in [4.69, 9.17) is 15.2 Å². The molecule has 0 bridgehead atoms. The number of carboxylic acids is 2. The zero-order valence-corrected chi connectivity index (χ0v) is 18.5. The average Bonchev–Trinajstić information content (AvgIpc) is 3.33. The number of hydrogen-bond donors (Lipinski definition) is 3. The number of aliphatic carboxylic acids is 1. The van der Waals surface area contributed by atoms with E-state index >= 15 is 0 Å². The Balaban J connectivity index is 0.000000509. The maximum absolute atomic E-state index is 12.2. The van der Waals surface area contributed by atoms with Crippen molar-refractivity contribution in [2.75, 3.05) is 42.9 Å². The van der Waals surface area contributed by atoms with Crippen LogP contribution in [0.4, 0.5) is 24.5 Å². The quantitative estimate of drug-likeness (QED) is 0.552. The fourth-order valence-corrected chi connectivity index (χ4v) is 3.70. The first-order valence-electron chi connectivity index (χ1n) is 9.89. The molecule has 182 valence electrons. The predicted octanol–water partition coefficient (Wildman–Crippen LogP) is 3.37. The summed E-state index contributed by atoms with van der Waals surface area (Å²) in [7, 11) is 0. The number of carbonyl (C=O) groups is 3. The van der Waals surface area contributed by atoms with Crippen molar-refractivity contribution >= 4 is 40.6 Å². The normalized spacial score (nSPS) is 13.9. The molecule has 0 saturated carbocycles. The van der Waals surface area contributed by atoms with Gasteiger partial charge in [0, 0.05) is 44.8 Å². The number of rotatable bonds is 6. The molecule has 0 unspecified atom stereocenters. The molecule has 1 aromatic heterocycles. The number of anilines is 2. The molecular formula is C21H21F3N4O5S. The van der Waals surface area contributed by atoms with Crippen LogP contribution in [0.15, 0.2) is 35.7 Å². The highest BCUT2D eigenvalue weighted by Crippen LogP contribution is 2.26. The minimum atomic E-state index is -5.08. The van der Waals surface area contributed by atoms with Gasteiger partial charge in [0.2, 0.25) is 0 Å². The second-order valence-electron chi connectivity index (χ2n) is 7.01. The van der Waals surface area contributed by atoms with Crippen LogP contribution < -0.4 is 10.2 Å². The van der Waals surface area contributed by atoms with Gasteiger partial charge in [-0.2, -0.15) is 18.4 Å². The summed E-state index contributed by atoms with van der Waals surface area (Å²) in [5.41, 5.74) is 1.28. The number of piperazine rings is 1. The number of nitrogens with one attached hydrogen (secondary N) is 1. The van der Waals surface area contributed by atoms with Crippen molar-refractivity contribution in [3.05, 3.63) is 46.2 Å². The third-order valence-electron chi connectivity index (χ3n) is 4.73. The Bertz CT molecular complexity index is 1050. The molecule has 13 heteroatoms. The SMILES string of the molecule is N#CCCN1CCN(c2ccc(NC(=O)c3cccs3)cc2C(=O)O)CC1.O=C(O)C(F)(F)F. The molecule has 9 nitrogen and oxygen atoms in total. The third-order valence-corrected chi connectivity index (χ3v) is 5.59. The first kappa shape index (κ1) is 26.6. The summed E-state index contributed by atoms with van der Waals surface area (Å²) in [4.78, 5) is 37.6. The molecule has 0 spiro atoms. The van der Waals surface area contributed by atoms with E-state index < -0.39 is 18.1 Å².